The Morgan fingerprint density at radius 3 is 2.31 bits per heavy atom. The second-order valence-electron chi connectivity index (χ2n) is 4.18. The molecule has 0 aromatic heterocycles. The van der Waals surface area contributed by atoms with Crippen LogP contribution in [0.25, 0.3) is 0 Å². The maximum Gasteiger partial charge on any atom is 0.408 e. The van der Waals surface area contributed by atoms with Crippen LogP contribution in [0.1, 0.15) is 20.8 Å². The van der Waals surface area contributed by atoms with Gasteiger partial charge in [0.25, 0.3) is 0 Å². The number of rotatable bonds is 4. The van der Waals surface area contributed by atoms with Crippen molar-refractivity contribution < 1.29 is 19.1 Å². The third-order valence-corrected chi connectivity index (χ3v) is 2.18. The summed E-state index contributed by atoms with van der Waals surface area (Å²) in [6.07, 6.45) is 1.23. The van der Waals surface area contributed by atoms with Crippen LogP contribution in [0, 0.1) is 0 Å². The summed E-state index contributed by atoms with van der Waals surface area (Å²) in [5, 5.41) is 2.47. The molecule has 0 aliphatic rings. The Balaban J connectivity index is 4.29. The Morgan fingerprint density at radius 1 is 1.38 bits per heavy atom. The first-order valence-corrected chi connectivity index (χ1v) is 6.26. The average molecular weight is 249 g/mol. The lowest BCUT2D eigenvalue weighted by atomic mass is 10.2. The van der Waals surface area contributed by atoms with Gasteiger partial charge in [0.05, 0.1) is 7.11 Å². The van der Waals surface area contributed by atoms with E-state index >= 15 is 0 Å². The number of carbonyl (C=O) groups is 2. The molecule has 6 heteroatoms. The van der Waals surface area contributed by atoms with Crippen LogP contribution in [0.3, 0.4) is 0 Å². The standard InChI is InChI=1S/C10H19NO4S/c1-10(2,3)15-9(13)11-7(6-16-5)8(12)14-4/h7H,6H2,1-5H3,(H,11,13). The van der Waals surface area contributed by atoms with Gasteiger partial charge in [0.2, 0.25) is 0 Å². The summed E-state index contributed by atoms with van der Waals surface area (Å²) in [5.74, 6) is -0.0217. The first-order valence-electron chi connectivity index (χ1n) is 4.86. The first kappa shape index (κ1) is 15.1. The number of hydrogen-bond donors (Lipinski definition) is 1. The monoisotopic (exact) mass is 249 g/mol. The van der Waals surface area contributed by atoms with Crippen LogP contribution in [0.4, 0.5) is 4.79 Å². The highest BCUT2D eigenvalue weighted by atomic mass is 32.2. The van der Waals surface area contributed by atoms with Gasteiger partial charge < -0.3 is 14.8 Å². The number of carbonyl (C=O) groups excluding carboxylic acids is 2. The molecule has 0 bridgehead atoms. The molecule has 0 saturated carbocycles. The lowest BCUT2D eigenvalue weighted by Crippen LogP contribution is -2.45. The van der Waals surface area contributed by atoms with E-state index in [-0.39, 0.29) is 0 Å². The summed E-state index contributed by atoms with van der Waals surface area (Å²) in [4.78, 5) is 22.7. The lowest BCUT2D eigenvalue weighted by molar-refractivity contribution is -0.142. The SMILES string of the molecule is COC(=O)C(CSC)NC(=O)OC(C)(C)C. The molecule has 1 amide bonds. The zero-order chi connectivity index (χ0) is 12.8. The molecule has 0 spiro atoms. The third-order valence-electron chi connectivity index (χ3n) is 1.51. The summed E-state index contributed by atoms with van der Waals surface area (Å²) in [6, 6.07) is -0.671. The van der Waals surface area contributed by atoms with Gasteiger partial charge >= 0.3 is 12.1 Å². The minimum absolute atomic E-state index is 0.450. The number of hydrogen-bond acceptors (Lipinski definition) is 5. The van der Waals surface area contributed by atoms with Crippen LogP contribution >= 0.6 is 11.8 Å². The minimum atomic E-state index is -0.671. The fraction of sp³-hybridized carbons (Fsp3) is 0.800. The summed E-state index contributed by atoms with van der Waals surface area (Å²) < 4.78 is 9.62. The second-order valence-corrected chi connectivity index (χ2v) is 5.09. The zero-order valence-corrected chi connectivity index (χ0v) is 11.1. The molecule has 94 valence electrons. The molecule has 1 N–H and O–H groups in total. The van der Waals surface area contributed by atoms with Crippen LogP contribution in [-0.4, -0.2) is 42.8 Å². The Labute approximate surface area is 100 Å². The highest BCUT2D eigenvalue weighted by Gasteiger charge is 2.24. The molecule has 0 saturated heterocycles. The van der Waals surface area contributed by atoms with Crippen molar-refractivity contribution >= 4 is 23.8 Å². The molecular formula is C10H19NO4S. The van der Waals surface area contributed by atoms with E-state index < -0.39 is 23.7 Å². The van der Waals surface area contributed by atoms with Gasteiger partial charge in [-0.15, -0.1) is 0 Å². The average Bonchev–Trinajstić information content (AvgIpc) is 2.13. The molecule has 0 rings (SSSR count). The number of amides is 1. The Hall–Kier alpha value is -0.910. The Morgan fingerprint density at radius 2 is 1.94 bits per heavy atom. The van der Waals surface area contributed by atoms with Gasteiger partial charge in [0.1, 0.15) is 11.6 Å². The molecule has 0 aromatic rings. The van der Waals surface area contributed by atoms with E-state index in [1.54, 1.807) is 20.8 Å². The molecule has 0 aliphatic carbocycles. The Kier molecular flexibility index (Phi) is 6.25. The van der Waals surface area contributed by atoms with Crippen molar-refractivity contribution in [3.05, 3.63) is 0 Å². The molecule has 16 heavy (non-hydrogen) atoms. The number of ether oxygens (including phenoxy) is 2. The fourth-order valence-electron chi connectivity index (χ4n) is 0.927. The van der Waals surface area contributed by atoms with E-state index in [9.17, 15) is 9.59 Å². The zero-order valence-electron chi connectivity index (χ0n) is 10.3. The molecular weight excluding hydrogens is 230 g/mol. The number of methoxy groups -OCH3 is 1. The van der Waals surface area contributed by atoms with Crippen molar-refractivity contribution in [2.75, 3.05) is 19.1 Å². The van der Waals surface area contributed by atoms with Crippen LogP contribution < -0.4 is 5.32 Å². The van der Waals surface area contributed by atoms with Crippen LogP contribution in [0.2, 0.25) is 0 Å². The van der Waals surface area contributed by atoms with Gasteiger partial charge in [0.15, 0.2) is 0 Å². The van der Waals surface area contributed by atoms with E-state index in [0.717, 1.165) is 0 Å². The summed E-state index contributed by atoms with van der Waals surface area (Å²) in [7, 11) is 1.28. The van der Waals surface area contributed by atoms with Gasteiger partial charge in [-0.25, -0.2) is 9.59 Å². The largest absolute Gasteiger partial charge is 0.467 e. The molecule has 0 radical (unpaired) electrons. The number of nitrogens with one attached hydrogen (secondary N) is 1. The smallest absolute Gasteiger partial charge is 0.408 e. The maximum atomic E-state index is 11.4. The topological polar surface area (TPSA) is 64.6 Å². The van der Waals surface area contributed by atoms with Crippen molar-refractivity contribution in [2.24, 2.45) is 0 Å². The Bertz CT molecular complexity index is 250. The van der Waals surface area contributed by atoms with E-state index in [4.69, 9.17) is 4.74 Å². The molecule has 0 aromatic carbocycles. The van der Waals surface area contributed by atoms with E-state index in [2.05, 4.69) is 10.1 Å². The quantitative estimate of drug-likeness (QED) is 0.763. The molecule has 0 fully saturated rings. The highest BCUT2D eigenvalue weighted by Crippen LogP contribution is 2.07. The van der Waals surface area contributed by atoms with Gasteiger partial charge in [-0.1, -0.05) is 0 Å². The third kappa shape index (κ3) is 6.55. The van der Waals surface area contributed by atoms with Crippen molar-refractivity contribution in [1.29, 1.82) is 0 Å². The predicted molar refractivity (Wildman–Crippen MR) is 63.6 cm³/mol. The van der Waals surface area contributed by atoms with E-state index in [1.807, 2.05) is 6.26 Å². The maximum absolute atomic E-state index is 11.4. The normalized spacial score (nSPS) is 12.8. The van der Waals surface area contributed by atoms with Crippen LogP contribution in [0.5, 0.6) is 0 Å². The lowest BCUT2D eigenvalue weighted by Gasteiger charge is -2.22. The number of alkyl carbamates (subject to hydrolysis) is 1. The van der Waals surface area contributed by atoms with E-state index in [1.165, 1.54) is 18.9 Å². The molecule has 0 heterocycles. The van der Waals surface area contributed by atoms with Crippen molar-refractivity contribution in [3.63, 3.8) is 0 Å². The van der Waals surface area contributed by atoms with Crippen molar-refractivity contribution in [3.8, 4) is 0 Å². The minimum Gasteiger partial charge on any atom is -0.467 e. The highest BCUT2D eigenvalue weighted by molar-refractivity contribution is 7.98. The fourth-order valence-corrected chi connectivity index (χ4v) is 1.48. The first-order chi connectivity index (χ1) is 7.30. The summed E-state index contributed by atoms with van der Waals surface area (Å²) in [5.41, 5.74) is -0.579. The van der Waals surface area contributed by atoms with Gasteiger partial charge in [-0.2, -0.15) is 11.8 Å². The van der Waals surface area contributed by atoms with Crippen molar-refractivity contribution in [2.45, 2.75) is 32.4 Å². The number of thioether (sulfide) groups is 1. The van der Waals surface area contributed by atoms with Gasteiger partial charge in [-0.3, -0.25) is 0 Å². The summed E-state index contributed by atoms with van der Waals surface area (Å²) >= 11 is 1.44. The second kappa shape index (κ2) is 6.62. The van der Waals surface area contributed by atoms with Gasteiger partial charge in [0, 0.05) is 5.75 Å². The van der Waals surface area contributed by atoms with Crippen LogP contribution in [0.15, 0.2) is 0 Å². The molecule has 1 unspecified atom stereocenters. The number of esters is 1. The summed E-state index contributed by atoms with van der Waals surface area (Å²) in [6.45, 7) is 5.27. The van der Waals surface area contributed by atoms with E-state index in [0.29, 0.717) is 5.75 Å². The molecule has 5 nitrogen and oxygen atoms in total. The van der Waals surface area contributed by atoms with Gasteiger partial charge in [-0.05, 0) is 27.0 Å². The predicted octanol–water partition coefficient (Wildman–Crippen LogP) is 1.42. The van der Waals surface area contributed by atoms with Crippen LogP contribution in [-0.2, 0) is 14.3 Å². The molecule has 1 atom stereocenters. The molecule has 0 aliphatic heterocycles. The van der Waals surface area contributed by atoms with Crippen molar-refractivity contribution in [1.82, 2.24) is 5.32 Å².